The van der Waals surface area contributed by atoms with E-state index in [0.717, 1.165) is 100 Å². The number of aromatic nitrogens is 10. The first-order chi connectivity index (χ1) is 55.6. The Kier molecular flexibility index (Phi) is 14.9. The first-order valence-electron chi connectivity index (χ1n) is 37.5. The van der Waals surface area contributed by atoms with E-state index in [4.69, 9.17) is 24.9 Å². The predicted molar refractivity (Wildman–Crippen MR) is 462 cm³/mol. The van der Waals surface area contributed by atoms with Gasteiger partial charge in [-0.05, 0) is 114 Å². The van der Waals surface area contributed by atoms with Crippen LogP contribution < -0.4 is 0 Å². The van der Waals surface area contributed by atoms with Crippen molar-refractivity contribution in [2.75, 3.05) is 0 Å². The van der Waals surface area contributed by atoms with Crippen LogP contribution in [0.15, 0.2) is 393 Å². The zero-order valence-corrected chi connectivity index (χ0v) is 62.3. The fourth-order valence-corrected chi connectivity index (χ4v) is 20.6. The monoisotopic (exact) mass is 1480 g/mol. The van der Waals surface area contributed by atoms with Crippen molar-refractivity contribution in [1.82, 2.24) is 47.8 Å². The molecule has 0 saturated heterocycles. The lowest BCUT2D eigenvalue weighted by Gasteiger charge is -2.23. The minimum Gasteiger partial charge on any atom is -0.308 e. The molecule has 0 radical (unpaired) electrons. The number of imidazole rings is 3. The Labute approximate surface area is 655 Å². The Morgan fingerprint density at radius 1 is 0.205 bits per heavy atom. The molecule has 6 aromatic heterocycles. The third-order valence-corrected chi connectivity index (χ3v) is 25.3. The van der Waals surface area contributed by atoms with Crippen LogP contribution in [0.3, 0.4) is 0 Å². The summed E-state index contributed by atoms with van der Waals surface area (Å²) in [7, 11) is 0. The minimum absolute atomic E-state index is 0.885. The highest BCUT2D eigenvalue weighted by Gasteiger charge is 2.32. The molecule has 0 atom stereocenters. The molecular formula is C99H60N10S3. The standard InChI is InChI=1S/C35H21N3S.C33H20N4S.C31H19N3S/c1-2-11-23(12-3-1)35-36-26-15-8-19-31-33(26)38(35)30-18-9-17-29(34(30)39-31)37-27-16-7-6-14-25(27)32-24-13-5-4-10-22(24)20-21-28(32)37;1-3-11-21(12-4-1)29-30(35-25-17-8-7-16-24(25)34-29)23-15-9-19-27-32(23)38-28-20-10-18-26-31(28)37(27)33(36-26)22-13-5-2-6-14-22;1-2-10-20(11-3-1)31-32-23-14-8-19-28-29(23)34(31)27-18-9-17-26(30(27)35-28)33-24-15-6-4-12-21(24)22-13-5-7-16-25(22)33/h1-21H;1-20H;1-19H. The fraction of sp³-hybridized carbons (Fsp3) is 0. The summed E-state index contributed by atoms with van der Waals surface area (Å²) < 4.78 is 11.9. The highest BCUT2D eigenvalue weighted by atomic mass is 32.2. The quantitative estimate of drug-likeness (QED) is 0.156. The highest BCUT2D eigenvalue weighted by Crippen LogP contribution is 2.54. The number of rotatable bonds is 7. The van der Waals surface area contributed by atoms with E-state index >= 15 is 0 Å². The van der Waals surface area contributed by atoms with Gasteiger partial charge < -0.3 is 9.13 Å². The van der Waals surface area contributed by atoms with Gasteiger partial charge in [0.25, 0.3) is 0 Å². The average Bonchev–Trinajstić information content (AvgIpc) is 1.56. The van der Waals surface area contributed by atoms with Crippen LogP contribution in [0, 0.1) is 0 Å². The molecule has 0 amide bonds. The molecule has 3 aliphatic rings. The van der Waals surface area contributed by atoms with Crippen molar-refractivity contribution in [1.29, 1.82) is 0 Å². The van der Waals surface area contributed by atoms with Gasteiger partial charge in [0.1, 0.15) is 17.5 Å². The Morgan fingerprint density at radius 2 is 0.545 bits per heavy atom. The molecule has 9 heterocycles. The minimum atomic E-state index is 0.885. The molecule has 22 aromatic rings. The van der Waals surface area contributed by atoms with E-state index in [9.17, 15) is 0 Å². The van der Waals surface area contributed by atoms with Crippen molar-refractivity contribution < 1.29 is 0 Å². The van der Waals surface area contributed by atoms with Gasteiger partial charge in [0.15, 0.2) is 0 Å². The van der Waals surface area contributed by atoms with E-state index in [1.807, 2.05) is 59.9 Å². The van der Waals surface area contributed by atoms with E-state index < -0.39 is 0 Å². The molecular weight excluding hydrogens is 1430 g/mol. The lowest BCUT2D eigenvalue weighted by atomic mass is 10.0. The number of benzene rings is 16. The second-order valence-electron chi connectivity index (χ2n) is 28.2. The van der Waals surface area contributed by atoms with Crippen molar-refractivity contribution in [3.8, 4) is 85.1 Å². The van der Waals surface area contributed by atoms with Gasteiger partial charge in [0.2, 0.25) is 0 Å². The summed E-state index contributed by atoms with van der Waals surface area (Å²) in [6.07, 6.45) is 0. The SMILES string of the molecule is c1ccc(-c2nc3cccc4c3n2-c2cccc(-n3c5ccccc5c5c6ccccc6ccc53)c2S4)cc1.c1ccc(-c2nc3cccc4c3n2-c2cccc(-n3c5ccccc5c5ccccc53)c2S4)cc1.c1ccc(-c2nc3ccccc3nc2-c2cccc3c2Sc2cccc4nc(-c5ccccc5)n-3c24)cc1. The Bertz CT molecular complexity index is 7560. The van der Waals surface area contributed by atoms with Crippen LogP contribution in [0.25, 0.3) is 184 Å². The summed E-state index contributed by atoms with van der Waals surface area (Å²) in [5.41, 5.74) is 26.3. The molecule has 0 bridgehead atoms. The number of hydrogen-bond acceptors (Lipinski definition) is 8. The molecule has 0 unspecified atom stereocenters. The summed E-state index contributed by atoms with van der Waals surface area (Å²) in [6.45, 7) is 0. The summed E-state index contributed by atoms with van der Waals surface area (Å²) in [4.78, 5) is 32.9. The zero-order chi connectivity index (χ0) is 73.5. The summed E-state index contributed by atoms with van der Waals surface area (Å²) in [5.74, 6) is 2.90. The van der Waals surface area contributed by atoms with Crippen LogP contribution in [-0.2, 0) is 0 Å². The second-order valence-corrected chi connectivity index (χ2v) is 31.3. The zero-order valence-electron chi connectivity index (χ0n) is 59.8. The van der Waals surface area contributed by atoms with E-state index in [0.29, 0.717) is 0 Å². The smallest absolute Gasteiger partial charge is 0.145 e. The Balaban J connectivity index is 0.000000100. The van der Waals surface area contributed by atoms with Crippen LogP contribution in [0.4, 0.5) is 0 Å². The number of nitrogens with zero attached hydrogens (tertiary/aromatic N) is 10. The maximum Gasteiger partial charge on any atom is 0.145 e. The second kappa shape index (κ2) is 25.9. The largest absolute Gasteiger partial charge is 0.308 e. The Hall–Kier alpha value is -13.8. The third-order valence-electron chi connectivity index (χ3n) is 21.8. The Morgan fingerprint density at radius 3 is 1.03 bits per heavy atom. The van der Waals surface area contributed by atoms with Crippen LogP contribution in [0.2, 0.25) is 0 Å². The van der Waals surface area contributed by atoms with Crippen LogP contribution in [0.1, 0.15) is 0 Å². The van der Waals surface area contributed by atoms with Gasteiger partial charge in [-0.25, -0.2) is 24.9 Å². The molecule has 0 aliphatic carbocycles. The number of hydrogen-bond donors (Lipinski definition) is 0. The van der Waals surface area contributed by atoms with Crippen molar-refractivity contribution in [3.05, 3.63) is 364 Å². The van der Waals surface area contributed by atoms with Crippen LogP contribution in [-0.4, -0.2) is 47.8 Å². The van der Waals surface area contributed by atoms with Crippen LogP contribution in [0.5, 0.6) is 0 Å². The average molecular weight is 1490 g/mol. The lowest BCUT2D eigenvalue weighted by Crippen LogP contribution is -2.07. The molecule has 0 fully saturated rings. The summed E-state index contributed by atoms with van der Waals surface area (Å²) >= 11 is 5.48. The van der Waals surface area contributed by atoms with Crippen LogP contribution >= 0.6 is 35.3 Å². The normalized spacial score (nSPS) is 12.4. The van der Waals surface area contributed by atoms with Gasteiger partial charge in [0.05, 0.1) is 116 Å². The molecule has 524 valence electrons. The van der Waals surface area contributed by atoms with Gasteiger partial charge >= 0.3 is 0 Å². The maximum absolute atomic E-state index is 5.20. The maximum atomic E-state index is 5.20. The molecule has 112 heavy (non-hydrogen) atoms. The van der Waals surface area contributed by atoms with Gasteiger partial charge in [-0.15, -0.1) is 0 Å². The number of para-hydroxylation sites is 8. The van der Waals surface area contributed by atoms with Gasteiger partial charge in [-0.3, -0.25) is 13.7 Å². The van der Waals surface area contributed by atoms with E-state index in [1.54, 1.807) is 11.8 Å². The molecule has 0 spiro atoms. The summed E-state index contributed by atoms with van der Waals surface area (Å²) in [5, 5.41) is 7.68. The number of fused-ring (bicyclic) bond motifs is 15. The van der Waals surface area contributed by atoms with Gasteiger partial charge in [0, 0.05) is 68.9 Å². The fourth-order valence-electron chi connectivity index (χ4n) is 17.0. The van der Waals surface area contributed by atoms with Crippen molar-refractivity contribution in [2.24, 2.45) is 0 Å². The van der Waals surface area contributed by atoms with Gasteiger partial charge in [-0.2, -0.15) is 0 Å². The van der Waals surface area contributed by atoms with E-state index in [1.165, 1.54) is 113 Å². The van der Waals surface area contributed by atoms with Gasteiger partial charge in [-0.1, -0.05) is 296 Å². The first-order valence-corrected chi connectivity index (χ1v) is 39.9. The molecule has 0 saturated carbocycles. The molecule has 3 aliphatic heterocycles. The molecule has 10 nitrogen and oxygen atoms in total. The molecule has 13 heteroatoms. The van der Waals surface area contributed by atoms with Crippen molar-refractivity contribution in [2.45, 2.75) is 29.4 Å². The lowest BCUT2D eigenvalue weighted by molar-refractivity contribution is 1.01. The van der Waals surface area contributed by atoms with Crippen molar-refractivity contribution in [3.63, 3.8) is 0 Å². The van der Waals surface area contributed by atoms with E-state index in [-0.39, 0.29) is 0 Å². The molecule has 0 N–H and O–H groups in total. The third kappa shape index (κ3) is 10.1. The highest BCUT2D eigenvalue weighted by molar-refractivity contribution is 8.00. The van der Waals surface area contributed by atoms with E-state index in [2.05, 4.69) is 350 Å². The van der Waals surface area contributed by atoms with Crippen molar-refractivity contribution >= 4 is 134 Å². The predicted octanol–water partition coefficient (Wildman–Crippen LogP) is 26.1. The topological polar surface area (TPSA) is 89.1 Å². The molecule has 25 rings (SSSR count). The first kappa shape index (κ1) is 64.2. The molecule has 16 aromatic carbocycles. The summed E-state index contributed by atoms with van der Waals surface area (Å²) in [6, 6.07) is 128.